The summed E-state index contributed by atoms with van der Waals surface area (Å²) in [6, 6.07) is 9.08. The molecule has 28 heavy (non-hydrogen) atoms. The van der Waals surface area contributed by atoms with Gasteiger partial charge in [0.15, 0.2) is 0 Å². The van der Waals surface area contributed by atoms with Crippen LogP contribution in [0.25, 0.3) is 16.6 Å². The summed E-state index contributed by atoms with van der Waals surface area (Å²) >= 11 is 0. The van der Waals surface area contributed by atoms with Crippen molar-refractivity contribution in [2.45, 2.75) is 19.3 Å². The Morgan fingerprint density at radius 2 is 1.75 bits per heavy atom. The van der Waals surface area contributed by atoms with Crippen LogP contribution < -0.4 is 5.56 Å². The topological polar surface area (TPSA) is 77.9 Å². The largest absolute Gasteiger partial charge is 0.341 e. The van der Waals surface area contributed by atoms with Crippen LogP contribution in [0.1, 0.15) is 29.6 Å². The number of para-hydroxylation sites is 1. The highest BCUT2D eigenvalue weighted by molar-refractivity contribution is 5.96. The molecular formula is C21H22N4O3. The van der Waals surface area contributed by atoms with Gasteiger partial charge in [0.05, 0.1) is 16.5 Å². The van der Waals surface area contributed by atoms with Crippen molar-refractivity contribution in [1.29, 1.82) is 0 Å². The smallest absolute Gasteiger partial charge is 0.258 e. The molecule has 144 valence electrons. The highest BCUT2D eigenvalue weighted by atomic mass is 16.2. The summed E-state index contributed by atoms with van der Waals surface area (Å²) in [7, 11) is 0. The lowest BCUT2D eigenvalue weighted by molar-refractivity contribution is -0.132. The molecule has 2 fully saturated rings. The molecule has 0 atom stereocenters. The van der Waals surface area contributed by atoms with Gasteiger partial charge in [-0.05, 0) is 37.5 Å². The SMILES string of the molecule is O=C(c1cc2[nH]c(=O)c3ccccc3n2c1)N1CCCN(C(=O)C2CC2)CC1. The van der Waals surface area contributed by atoms with E-state index in [1.54, 1.807) is 18.3 Å². The average molecular weight is 378 g/mol. The molecule has 3 aromatic rings. The first-order chi connectivity index (χ1) is 13.6. The Labute approximate surface area is 161 Å². The van der Waals surface area contributed by atoms with E-state index in [0.717, 1.165) is 31.3 Å². The van der Waals surface area contributed by atoms with Gasteiger partial charge in [0.25, 0.3) is 11.5 Å². The van der Waals surface area contributed by atoms with Crippen LogP contribution in [0.2, 0.25) is 0 Å². The predicted molar refractivity (Wildman–Crippen MR) is 105 cm³/mol. The second-order valence-electron chi connectivity index (χ2n) is 7.70. The van der Waals surface area contributed by atoms with Crippen LogP contribution in [-0.4, -0.2) is 57.2 Å². The fraction of sp³-hybridized carbons (Fsp3) is 0.381. The number of nitrogens with one attached hydrogen (secondary N) is 1. The number of H-pyrrole nitrogens is 1. The lowest BCUT2D eigenvalue weighted by atomic mass is 10.2. The van der Waals surface area contributed by atoms with Crippen molar-refractivity contribution in [2.75, 3.05) is 26.2 Å². The maximum Gasteiger partial charge on any atom is 0.258 e. The number of nitrogens with zero attached hydrogens (tertiary/aromatic N) is 3. The molecule has 0 spiro atoms. The zero-order valence-corrected chi connectivity index (χ0v) is 15.6. The van der Waals surface area contributed by atoms with Crippen LogP contribution >= 0.6 is 0 Å². The minimum atomic E-state index is -0.163. The summed E-state index contributed by atoms with van der Waals surface area (Å²) in [6.07, 6.45) is 4.58. The maximum absolute atomic E-state index is 13.1. The molecule has 1 N–H and O–H groups in total. The highest BCUT2D eigenvalue weighted by Crippen LogP contribution is 2.31. The molecular weight excluding hydrogens is 356 g/mol. The van der Waals surface area contributed by atoms with Crippen LogP contribution in [0.15, 0.2) is 41.3 Å². The molecule has 1 aliphatic carbocycles. The molecule has 1 aliphatic heterocycles. The Hall–Kier alpha value is -3.09. The number of hydrogen-bond donors (Lipinski definition) is 1. The summed E-state index contributed by atoms with van der Waals surface area (Å²) in [4.78, 5) is 44.3. The van der Waals surface area contributed by atoms with Gasteiger partial charge in [0, 0.05) is 38.3 Å². The maximum atomic E-state index is 13.1. The third kappa shape index (κ3) is 2.87. The van der Waals surface area contributed by atoms with Gasteiger partial charge in [-0.1, -0.05) is 12.1 Å². The Balaban J connectivity index is 1.42. The molecule has 3 heterocycles. The quantitative estimate of drug-likeness (QED) is 0.739. The fourth-order valence-corrected chi connectivity index (χ4v) is 4.05. The van der Waals surface area contributed by atoms with Crippen LogP contribution in [0.3, 0.4) is 0 Å². The first-order valence-electron chi connectivity index (χ1n) is 9.83. The van der Waals surface area contributed by atoms with E-state index in [9.17, 15) is 14.4 Å². The van der Waals surface area contributed by atoms with Gasteiger partial charge in [0.1, 0.15) is 5.65 Å². The van der Waals surface area contributed by atoms with E-state index < -0.39 is 0 Å². The van der Waals surface area contributed by atoms with Gasteiger partial charge < -0.3 is 19.2 Å². The molecule has 0 bridgehead atoms. The first-order valence-corrected chi connectivity index (χ1v) is 9.83. The number of hydrogen-bond acceptors (Lipinski definition) is 3. The van der Waals surface area contributed by atoms with Crippen LogP contribution in [-0.2, 0) is 4.79 Å². The lowest BCUT2D eigenvalue weighted by Gasteiger charge is -2.22. The first kappa shape index (κ1) is 17.0. The number of carbonyl (C=O) groups excluding carboxylic acids is 2. The number of aromatic nitrogens is 2. The Bertz CT molecular complexity index is 1140. The molecule has 2 amide bonds. The second kappa shape index (κ2) is 6.51. The summed E-state index contributed by atoms with van der Waals surface area (Å²) < 4.78 is 1.85. The van der Waals surface area contributed by atoms with E-state index in [1.807, 2.05) is 32.4 Å². The van der Waals surface area contributed by atoms with Crippen LogP contribution in [0, 0.1) is 5.92 Å². The van der Waals surface area contributed by atoms with E-state index in [0.29, 0.717) is 36.2 Å². The van der Waals surface area contributed by atoms with E-state index >= 15 is 0 Å². The Morgan fingerprint density at radius 1 is 1.00 bits per heavy atom. The molecule has 1 saturated heterocycles. The molecule has 5 rings (SSSR count). The minimum Gasteiger partial charge on any atom is -0.341 e. The summed E-state index contributed by atoms with van der Waals surface area (Å²) in [5.74, 6) is 0.395. The number of aromatic amines is 1. The van der Waals surface area contributed by atoms with Gasteiger partial charge in [-0.3, -0.25) is 14.4 Å². The third-order valence-corrected chi connectivity index (χ3v) is 5.74. The van der Waals surface area contributed by atoms with E-state index in [4.69, 9.17) is 0 Å². The summed E-state index contributed by atoms with van der Waals surface area (Å²) in [6.45, 7) is 2.49. The Morgan fingerprint density at radius 3 is 2.57 bits per heavy atom. The van der Waals surface area contributed by atoms with Gasteiger partial charge in [-0.2, -0.15) is 0 Å². The molecule has 7 nitrogen and oxygen atoms in total. The van der Waals surface area contributed by atoms with Gasteiger partial charge in [0.2, 0.25) is 5.91 Å². The molecule has 7 heteroatoms. The third-order valence-electron chi connectivity index (χ3n) is 5.74. The fourth-order valence-electron chi connectivity index (χ4n) is 4.05. The summed E-state index contributed by atoms with van der Waals surface area (Å²) in [5.41, 5.74) is 1.77. The monoisotopic (exact) mass is 378 g/mol. The zero-order valence-electron chi connectivity index (χ0n) is 15.6. The Kier molecular flexibility index (Phi) is 3.96. The van der Waals surface area contributed by atoms with Crippen molar-refractivity contribution in [3.05, 3.63) is 52.4 Å². The minimum absolute atomic E-state index is 0.0608. The van der Waals surface area contributed by atoms with Crippen LogP contribution in [0.4, 0.5) is 0 Å². The van der Waals surface area contributed by atoms with Crippen molar-refractivity contribution in [2.24, 2.45) is 5.92 Å². The number of rotatable bonds is 2. The number of fused-ring (bicyclic) bond motifs is 3. The standard InChI is InChI=1S/C21H22N4O3/c26-19-16-4-1-2-5-17(16)25-13-15(12-18(25)22-19)21(28)24-9-3-8-23(10-11-24)20(27)14-6-7-14/h1-2,4-5,12-14H,3,6-11H2,(H,22,26). The van der Waals surface area contributed by atoms with Crippen molar-refractivity contribution < 1.29 is 9.59 Å². The number of amides is 2. The molecule has 2 aromatic heterocycles. The average Bonchev–Trinajstić information content (AvgIpc) is 3.51. The normalized spacial score (nSPS) is 17.9. The van der Waals surface area contributed by atoms with Gasteiger partial charge in [-0.15, -0.1) is 0 Å². The van der Waals surface area contributed by atoms with E-state index in [1.165, 1.54) is 0 Å². The number of benzene rings is 1. The molecule has 2 aliphatic rings. The van der Waals surface area contributed by atoms with Gasteiger partial charge in [-0.25, -0.2) is 0 Å². The van der Waals surface area contributed by atoms with Crippen molar-refractivity contribution >= 4 is 28.4 Å². The second-order valence-corrected chi connectivity index (χ2v) is 7.70. The molecule has 1 aromatic carbocycles. The molecule has 0 unspecified atom stereocenters. The molecule has 1 saturated carbocycles. The van der Waals surface area contributed by atoms with E-state index in [2.05, 4.69) is 4.98 Å². The van der Waals surface area contributed by atoms with Gasteiger partial charge >= 0.3 is 0 Å². The predicted octanol–water partition coefficient (Wildman–Crippen LogP) is 1.87. The van der Waals surface area contributed by atoms with Crippen molar-refractivity contribution in [3.8, 4) is 0 Å². The highest BCUT2D eigenvalue weighted by Gasteiger charge is 2.34. The molecule has 0 radical (unpaired) electrons. The van der Waals surface area contributed by atoms with E-state index in [-0.39, 0.29) is 23.3 Å². The van der Waals surface area contributed by atoms with Crippen molar-refractivity contribution in [3.63, 3.8) is 0 Å². The van der Waals surface area contributed by atoms with Crippen LogP contribution in [0.5, 0.6) is 0 Å². The zero-order chi connectivity index (χ0) is 19.3. The lowest BCUT2D eigenvalue weighted by Crippen LogP contribution is -2.37. The summed E-state index contributed by atoms with van der Waals surface area (Å²) in [5, 5.41) is 0.591. The van der Waals surface area contributed by atoms with Crippen molar-refractivity contribution in [1.82, 2.24) is 19.2 Å². The number of carbonyl (C=O) groups is 2.